The third kappa shape index (κ3) is 6.16. The Hall–Kier alpha value is -7.96. The average Bonchev–Trinajstić information content (AvgIpc) is 3.71. The van der Waals surface area contributed by atoms with E-state index in [1.807, 2.05) is 24.5 Å². The number of benzene rings is 9. The molecule has 0 bridgehead atoms. The van der Waals surface area contributed by atoms with E-state index in [1.54, 1.807) is 12.1 Å². The molecule has 2 aliphatic rings. The van der Waals surface area contributed by atoms with E-state index >= 15 is 0 Å². The highest BCUT2D eigenvalue weighted by molar-refractivity contribution is 6.08. The SMILES string of the molecule is CC1(C)c2ccccc2-c2ccc(N(c3ccc(F)cc3)c3cnc(-c4cc5c(c6ccccc46)-c4ccc(N(c6ccc(F)cc6)c6ccc7ccccc7c6)cc4C5(C)C)nc3)cc21. The lowest BCUT2D eigenvalue weighted by Gasteiger charge is -2.28. The van der Waals surface area contributed by atoms with Crippen molar-refractivity contribution >= 4 is 55.7 Å². The maximum Gasteiger partial charge on any atom is 0.159 e. The van der Waals surface area contributed by atoms with Gasteiger partial charge in [0.15, 0.2) is 5.82 Å². The minimum Gasteiger partial charge on any atom is -0.310 e. The molecule has 0 radical (unpaired) electrons. The Morgan fingerprint density at radius 1 is 0.364 bits per heavy atom. The van der Waals surface area contributed by atoms with Gasteiger partial charge in [-0.1, -0.05) is 119 Å². The number of hydrogen-bond donors (Lipinski definition) is 0. The van der Waals surface area contributed by atoms with Crippen molar-refractivity contribution in [2.24, 2.45) is 0 Å². The zero-order valence-electron chi connectivity index (χ0n) is 37.0. The van der Waals surface area contributed by atoms with E-state index in [-0.39, 0.29) is 17.0 Å². The molecule has 0 spiro atoms. The quantitative estimate of drug-likeness (QED) is 0.160. The minimum atomic E-state index is -0.391. The van der Waals surface area contributed by atoms with Crippen molar-refractivity contribution in [1.29, 1.82) is 0 Å². The van der Waals surface area contributed by atoms with Gasteiger partial charge >= 0.3 is 0 Å². The van der Waals surface area contributed by atoms with Crippen LogP contribution in [0.25, 0.3) is 55.2 Å². The van der Waals surface area contributed by atoms with Crippen LogP contribution in [0.3, 0.4) is 0 Å². The fourth-order valence-corrected chi connectivity index (χ4v) is 10.7. The topological polar surface area (TPSA) is 32.3 Å². The van der Waals surface area contributed by atoms with E-state index in [2.05, 4.69) is 171 Å². The summed E-state index contributed by atoms with van der Waals surface area (Å²) in [7, 11) is 0. The smallest absolute Gasteiger partial charge is 0.159 e. The minimum absolute atomic E-state index is 0.195. The number of nitrogens with zero attached hydrogens (tertiary/aromatic N) is 4. The van der Waals surface area contributed by atoms with Crippen molar-refractivity contribution < 1.29 is 8.78 Å². The number of anilines is 6. The zero-order chi connectivity index (χ0) is 44.9. The van der Waals surface area contributed by atoms with Crippen LogP contribution < -0.4 is 9.80 Å². The van der Waals surface area contributed by atoms with Gasteiger partial charge in [-0.25, -0.2) is 18.7 Å². The molecule has 0 N–H and O–H groups in total. The highest BCUT2D eigenvalue weighted by Gasteiger charge is 2.39. The molecular weight excluding hydrogens is 815 g/mol. The summed E-state index contributed by atoms with van der Waals surface area (Å²) in [5, 5.41) is 4.49. The lowest BCUT2D eigenvalue weighted by molar-refractivity contribution is 0.627. The van der Waals surface area contributed by atoms with Gasteiger partial charge in [-0.2, -0.15) is 0 Å². The molecule has 0 saturated carbocycles. The highest BCUT2D eigenvalue weighted by atomic mass is 19.1. The normalized spacial score (nSPS) is 13.8. The van der Waals surface area contributed by atoms with Crippen molar-refractivity contribution in [2.75, 3.05) is 9.80 Å². The van der Waals surface area contributed by atoms with Gasteiger partial charge in [-0.15, -0.1) is 0 Å². The fourth-order valence-electron chi connectivity index (χ4n) is 10.7. The summed E-state index contributed by atoms with van der Waals surface area (Å²) in [5.41, 5.74) is 15.6. The van der Waals surface area contributed by atoms with Crippen LogP contribution in [0.2, 0.25) is 0 Å². The molecule has 9 aromatic carbocycles. The van der Waals surface area contributed by atoms with E-state index in [4.69, 9.17) is 9.97 Å². The number of hydrogen-bond acceptors (Lipinski definition) is 4. The average molecular weight is 859 g/mol. The molecule has 0 atom stereocenters. The van der Waals surface area contributed by atoms with Crippen LogP contribution in [-0.4, -0.2) is 9.97 Å². The van der Waals surface area contributed by atoms with Crippen molar-refractivity contribution in [3.8, 4) is 33.6 Å². The molecule has 12 rings (SSSR count). The number of aromatic nitrogens is 2. The second-order valence-electron chi connectivity index (χ2n) is 18.6. The lowest BCUT2D eigenvalue weighted by atomic mass is 9.81. The molecular formula is C60H44F2N4. The van der Waals surface area contributed by atoms with Crippen molar-refractivity contribution in [2.45, 2.75) is 38.5 Å². The molecule has 1 aromatic heterocycles. The van der Waals surface area contributed by atoms with Crippen LogP contribution in [0.4, 0.5) is 42.9 Å². The summed E-state index contributed by atoms with van der Waals surface area (Å²) in [5.74, 6) is 0.0495. The van der Waals surface area contributed by atoms with Gasteiger partial charge in [0.1, 0.15) is 11.6 Å². The monoisotopic (exact) mass is 858 g/mol. The fraction of sp³-hybridized carbons (Fsp3) is 0.100. The molecule has 6 heteroatoms. The van der Waals surface area contributed by atoms with E-state index in [0.717, 1.165) is 61.2 Å². The first-order valence-corrected chi connectivity index (χ1v) is 22.4. The molecule has 0 fully saturated rings. The molecule has 10 aromatic rings. The Morgan fingerprint density at radius 3 is 1.53 bits per heavy atom. The first-order chi connectivity index (χ1) is 32.0. The number of fused-ring (bicyclic) bond motifs is 9. The van der Waals surface area contributed by atoms with Gasteiger partial charge in [0.25, 0.3) is 0 Å². The molecule has 4 nitrogen and oxygen atoms in total. The molecule has 318 valence electrons. The van der Waals surface area contributed by atoms with Gasteiger partial charge < -0.3 is 9.80 Å². The van der Waals surface area contributed by atoms with Crippen LogP contribution >= 0.6 is 0 Å². The van der Waals surface area contributed by atoms with E-state index in [9.17, 15) is 8.78 Å². The van der Waals surface area contributed by atoms with Crippen molar-refractivity contribution in [3.05, 3.63) is 228 Å². The molecule has 0 aliphatic heterocycles. The van der Waals surface area contributed by atoms with Gasteiger partial charge in [0.2, 0.25) is 0 Å². The van der Waals surface area contributed by atoms with Crippen LogP contribution in [0.15, 0.2) is 194 Å². The van der Waals surface area contributed by atoms with Gasteiger partial charge in [-0.05, 0) is 157 Å². The first kappa shape index (κ1) is 39.6. The largest absolute Gasteiger partial charge is 0.310 e. The standard InChI is InChI=1S/C60H44F2N4/c1-59(2)53-16-10-9-14-48(53)49-29-27-45(32-54(49)59)66(42-25-20-40(62)21-26-42)46-35-63-58(64-36-46)52-34-56-57(50-15-8-7-13-47(50)52)51-30-28-44(33-55(51)60(56,3)4)65(41-23-18-39(61)19-24-41)43-22-17-37-11-5-6-12-38(37)31-43/h5-36H,1-4H3. The van der Waals surface area contributed by atoms with E-state index in [0.29, 0.717) is 5.82 Å². The zero-order valence-corrected chi connectivity index (χ0v) is 37.0. The Morgan fingerprint density at radius 2 is 0.848 bits per heavy atom. The van der Waals surface area contributed by atoms with Gasteiger partial charge in [0.05, 0.1) is 18.1 Å². The summed E-state index contributed by atoms with van der Waals surface area (Å²) in [6, 6.07) is 60.9. The van der Waals surface area contributed by atoms with Gasteiger partial charge in [0, 0.05) is 44.8 Å². The van der Waals surface area contributed by atoms with E-state index < -0.39 is 5.41 Å². The third-order valence-corrected chi connectivity index (χ3v) is 14.0. The summed E-state index contributed by atoms with van der Waals surface area (Å²) in [6.07, 6.45) is 3.76. The predicted molar refractivity (Wildman–Crippen MR) is 267 cm³/mol. The lowest BCUT2D eigenvalue weighted by Crippen LogP contribution is -2.17. The summed E-state index contributed by atoms with van der Waals surface area (Å²) < 4.78 is 28.7. The Kier molecular flexibility index (Phi) is 8.88. The van der Waals surface area contributed by atoms with Crippen LogP contribution in [0, 0.1) is 11.6 Å². The Bertz CT molecular complexity index is 3560. The summed E-state index contributed by atoms with van der Waals surface area (Å²) >= 11 is 0. The predicted octanol–water partition coefficient (Wildman–Crippen LogP) is 16.3. The maximum absolute atomic E-state index is 14.4. The molecule has 66 heavy (non-hydrogen) atoms. The van der Waals surface area contributed by atoms with Crippen molar-refractivity contribution in [3.63, 3.8) is 0 Å². The second kappa shape index (κ2) is 14.8. The molecule has 2 aliphatic carbocycles. The Balaban J connectivity index is 0.953. The first-order valence-electron chi connectivity index (χ1n) is 22.4. The van der Waals surface area contributed by atoms with Crippen molar-refractivity contribution in [1.82, 2.24) is 9.97 Å². The number of halogens is 2. The Labute approximate surface area is 383 Å². The number of rotatable bonds is 7. The maximum atomic E-state index is 14.4. The molecule has 0 amide bonds. The summed E-state index contributed by atoms with van der Waals surface area (Å²) in [6.45, 7) is 9.13. The van der Waals surface area contributed by atoms with Gasteiger partial charge in [-0.3, -0.25) is 0 Å². The van der Waals surface area contributed by atoms with Crippen LogP contribution in [-0.2, 0) is 10.8 Å². The van der Waals surface area contributed by atoms with Crippen LogP contribution in [0.5, 0.6) is 0 Å². The highest BCUT2D eigenvalue weighted by Crippen LogP contribution is 2.55. The third-order valence-electron chi connectivity index (χ3n) is 14.0. The molecule has 0 unspecified atom stereocenters. The second-order valence-corrected chi connectivity index (χ2v) is 18.6. The molecule has 1 heterocycles. The summed E-state index contributed by atoms with van der Waals surface area (Å²) in [4.78, 5) is 14.5. The van der Waals surface area contributed by atoms with E-state index in [1.165, 1.54) is 68.8 Å². The van der Waals surface area contributed by atoms with Crippen LogP contribution in [0.1, 0.15) is 49.9 Å². The molecule has 0 saturated heterocycles.